The molecular formula is C26H15F. The van der Waals surface area contributed by atoms with Gasteiger partial charge in [-0.05, 0) is 67.8 Å². The average Bonchev–Trinajstić information content (AvgIpc) is 3.20. The zero-order chi connectivity index (χ0) is 18.0. The van der Waals surface area contributed by atoms with Crippen LogP contribution in [0.4, 0.5) is 4.39 Å². The quantitative estimate of drug-likeness (QED) is 0.284. The Morgan fingerprint density at radius 2 is 0.741 bits per heavy atom. The fourth-order valence-electron chi connectivity index (χ4n) is 4.59. The molecule has 0 nitrogen and oxygen atoms in total. The second-order valence-electron chi connectivity index (χ2n) is 7.08. The molecule has 0 spiro atoms. The van der Waals surface area contributed by atoms with Crippen molar-refractivity contribution in [3.05, 3.63) is 119 Å². The topological polar surface area (TPSA) is 0 Å². The van der Waals surface area contributed by atoms with Gasteiger partial charge in [-0.15, -0.1) is 0 Å². The van der Waals surface area contributed by atoms with Gasteiger partial charge in [0.05, 0.1) is 0 Å². The van der Waals surface area contributed by atoms with E-state index in [1.807, 2.05) is 6.07 Å². The van der Waals surface area contributed by atoms with Crippen LogP contribution in [0.3, 0.4) is 0 Å². The predicted molar refractivity (Wildman–Crippen MR) is 109 cm³/mol. The third-order valence-corrected chi connectivity index (χ3v) is 5.67. The highest BCUT2D eigenvalue weighted by molar-refractivity contribution is 6.18. The molecule has 27 heavy (non-hydrogen) atoms. The van der Waals surface area contributed by atoms with Crippen LogP contribution in [-0.2, 0) is 0 Å². The molecule has 0 aromatic heterocycles. The lowest BCUT2D eigenvalue weighted by atomic mass is 9.92. The Bertz CT molecular complexity index is 1230. The van der Waals surface area contributed by atoms with Crippen LogP contribution in [-0.4, -0.2) is 0 Å². The number of halogens is 1. The van der Waals surface area contributed by atoms with Crippen molar-refractivity contribution in [1.82, 2.24) is 0 Å². The summed E-state index contributed by atoms with van der Waals surface area (Å²) in [7, 11) is 0. The number of hydrogen-bond acceptors (Lipinski definition) is 0. The first-order chi connectivity index (χ1) is 13.3. The van der Waals surface area contributed by atoms with Crippen molar-refractivity contribution in [3.8, 4) is 22.3 Å². The smallest absolute Gasteiger partial charge is 0.123 e. The SMILES string of the molecule is Fc1ccc2c(c1)C(=C1c3ccccc3-c3ccccc31)c1ccccc1-2. The third kappa shape index (κ3) is 1.91. The van der Waals surface area contributed by atoms with E-state index in [1.54, 1.807) is 12.1 Å². The van der Waals surface area contributed by atoms with E-state index in [2.05, 4.69) is 72.8 Å². The summed E-state index contributed by atoms with van der Waals surface area (Å²) < 4.78 is 14.2. The summed E-state index contributed by atoms with van der Waals surface area (Å²) in [6.45, 7) is 0. The highest BCUT2D eigenvalue weighted by Crippen LogP contribution is 2.53. The molecule has 0 radical (unpaired) electrons. The molecule has 126 valence electrons. The number of rotatable bonds is 0. The molecule has 0 aliphatic heterocycles. The maximum Gasteiger partial charge on any atom is 0.123 e. The van der Waals surface area contributed by atoms with E-state index in [-0.39, 0.29) is 5.82 Å². The van der Waals surface area contributed by atoms with Crippen LogP contribution in [0, 0.1) is 5.82 Å². The third-order valence-electron chi connectivity index (χ3n) is 5.67. The minimum Gasteiger partial charge on any atom is -0.207 e. The lowest BCUT2D eigenvalue weighted by Crippen LogP contribution is -1.91. The van der Waals surface area contributed by atoms with Crippen LogP contribution in [0.5, 0.6) is 0 Å². The van der Waals surface area contributed by atoms with Crippen molar-refractivity contribution < 1.29 is 4.39 Å². The lowest BCUT2D eigenvalue weighted by Gasteiger charge is -2.11. The fraction of sp³-hybridized carbons (Fsp3) is 0. The summed E-state index contributed by atoms with van der Waals surface area (Å²) >= 11 is 0. The monoisotopic (exact) mass is 346 g/mol. The van der Waals surface area contributed by atoms with Gasteiger partial charge in [0.25, 0.3) is 0 Å². The Labute approximate surface area is 157 Å². The first-order valence-corrected chi connectivity index (χ1v) is 9.16. The normalized spacial score (nSPS) is 13.2. The van der Waals surface area contributed by atoms with Crippen molar-refractivity contribution in [2.75, 3.05) is 0 Å². The van der Waals surface area contributed by atoms with Gasteiger partial charge in [0.2, 0.25) is 0 Å². The van der Waals surface area contributed by atoms with Crippen molar-refractivity contribution >= 4 is 11.1 Å². The van der Waals surface area contributed by atoms with Crippen LogP contribution >= 0.6 is 0 Å². The Balaban J connectivity index is 1.82. The zero-order valence-corrected chi connectivity index (χ0v) is 14.5. The molecule has 4 aromatic carbocycles. The van der Waals surface area contributed by atoms with Crippen molar-refractivity contribution in [2.24, 2.45) is 0 Å². The van der Waals surface area contributed by atoms with Crippen molar-refractivity contribution in [3.63, 3.8) is 0 Å². The van der Waals surface area contributed by atoms with Gasteiger partial charge in [-0.1, -0.05) is 78.9 Å². The molecule has 0 unspecified atom stereocenters. The molecule has 2 aliphatic rings. The lowest BCUT2D eigenvalue weighted by molar-refractivity contribution is 0.627. The van der Waals surface area contributed by atoms with E-state index < -0.39 is 0 Å². The number of hydrogen-bond donors (Lipinski definition) is 0. The van der Waals surface area contributed by atoms with Crippen LogP contribution in [0.1, 0.15) is 22.3 Å². The second kappa shape index (κ2) is 5.28. The van der Waals surface area contributed by atoms with Gasteiger partial charge in [-0.3, -0.25) is 0 Å². The Kier molecular flexibility index (Phi) is 2.87. The van der Waals surface area contributed by atoms with E-state index in [0.29, 0.717) is 0 Å². The summed E-state index contributed by atoms with van der Waals surface area (Å²) in [5.74, 6) is -0.195. The molecule has 0 bridgehead atoms. The van der Waals surface area contributed by atoms with E-state index >= 15 is 0 Å². The average molecular weight is 346 g/mol. The summed E-state index contributed by atoms with van der Waals surface area (Å²) in [5.41, 5.74) is 11.7. The van der Waals surface area contributed by atoms with Crippen molar-refractivity contribution in [2.45, 2.75) is 0 Å². The molecule has 6 rings (SSSR count). The maximum atomic E-state index is 14.2. The van der Waals surface area contributed by atoms with E-state index in [4.69, 9.17) is 0 Å². The molecule has 1 heteroatoms. The van der Waals surface area contributed by atoms with E-state index in [1.165, 1.54) is 39.0 Å². The molecule has 0 saturated heterocycles. The highest BCUT2D eigenvalue weighted by atomic mass is 19.1. The second-order valence-corrected chi connectivity index (χ2v) is 7.08. The molecule has 4 aromatic rings. The molecular weight excluding hydrogens is 331 g/mol. The summed E-state index contributed by atoms with van der Waals surface area (Å²) in [4.78, 5) is 0. The van der Waals surface area contributed by atoms with Gasteiger partial charge in [-0.25, -0.2) is 4.39 Å². The summed E-state index contributed by atoms with van der Waals surface area (Å²) in [6.07, 6.45) is 0. The molecule has 0 heterocycles. The van der Waals surface area contributed by atoms with Gasteiger partial charge < -0.3 is 0 Å². The van der Waals surface area contributed by atoms with E-state index in [0.717, 1.165) is 16.7 Å². The van der Waals surface area contributed by atoms with Gasteiger partial charge in [0.15, 0.2) is 0 Å². The molecule has 0 saturated carbocycles. The van der Waals surface area contributed by atoms with Crippen LogP contribution in [0.2, 0.25) is 0 Å². The Morgan fingerprint density at radius 1 is 0.370 bits per heavy atom. The fourth-order valence-corrected chi connectivity index (χ4v) is 4.59. The van der Waals surface area contributed by atoms with Gasteiger partial charge >= 0.3 is 0 Å². The van der Waals surface area contributed by atoms with Gasteiger partial charge in [0.1, 0.15) is 5.82 Å². The number of fused-ring (bicyclic) bond motifs is 6. The minimum absolute atomic E-state index is 0.195. The van der Waals surface area contributed by atoms with Crippen molar-refractivity contribution in [1.29, 1.82) is 0 Å². The summed E-state index contributed by atoms with van der Waals surface area (Å²) in [6, 6.07) is 30.6. The Morgan fingerprint density at radius 3 is 1.22 bits per heavy atom. The largest absolute Gasteiger partial charge is 0.207 e. The maximum absolute atomic E-state index is 14.2. The number of benzene rings is 4. The predicted octanol–water partition coefficient (Wildman–Crippen LogP) is 6.79. The Hall–Kier alpha value is -3.45. The molecule has 0 atom stereocenters. The first kappa shape index (κ1) is 14.7. The minimum atomic E-state index is -0.195. The molecule has 0 amide bonds. The zero-order valence-electron chi connectivity index (χ0n) is 14.5. The van der Waals surface area contributed by atoms with Gasteiger partial charge in [0, 0.05) is 0 Å². The van der Waals surface area contributed by atoms with Gasteiger partial charge in [-0.2, -0.15) is 0 Å². The molecule has 0 fully saturated rings. The van der Waals surface area contributed by atoms with E-state index in [9.17, 15) is 4.39 Å². The van der Waals surface area contributed by atoms with Crippen LogP contribution < -0.4 is 0 Å². The van der Waals surface area contributed by atoms with Crippen LogP contribution in [0.15, 0.2) is 91.0 Å². The summed E-state index contributed by atoms with van der Waals surface area (Å²) in [5, 5.41) is 0. The standard InChI is InChI=1S/C26H15F/c27-16-13-14-20-19-9-3-6-12-23(19)26(24(20)15-16)25-21-10-4-1-7-17(21)18-8-2-5-11-22(18)25/h1-15H. The first-order valence-electron chi connectivity index (χ1n) is 9.16. The molecule has 2 aliphatic carbocycles. The molecule has 0 N–H and O–H groups in total. The van der Waals surface area contributed by atoms with Crippen LogP contribution in [0.25, 0.3) is 33.4 Å². The highest BCUT2D eigenvalue weighted by Gasteiger charge is 2.32.